The molecule has 1 saturated carbocycles. The molecule has 1 amide bonds. The second-order valence-electron chi connectivity index (χ2n) is 5.04. The van der Waals surface area contributed by atoms with Crippen LogP contribution in [0.25, 0.3) is 0 Å². The highest BCUT2D eigenvalue weighted by atomic mass is 16.5. The molecule has 4 heteroatoms. The van der Waals surface area contributed by atoms with Gasteiger partial charge in [-0.15, -0.1) is 0 Å². The lowest BCUT2D eigenvalue weighted by Gasteiger charge is -2.27. The van der Waals surface area contributed by atoms with Crippen LogP contribution in [0.3, 0.4) is 0 Å². The number of hydrogen-bond acceptors (Lipinski definition) is 3. The molecule has 0 aromatic carbocycles. The molecule has 0 aliphatic heterocycles. The molecule has 1 N–H and O–H groups in total. The van der Waals surface area contributed by atoms with Gasteiger partial charge in [0.2, 0.25) is 5.91 Å². The van der Waals surface area contributed by atoms with E-state index in [2.05, 4.69) is 5.32 Å². The van der Waals surface area contributed by atoms with Crippen molar-refractivity contribution in [3.8, 4) is 0 Å². The highest BCUT2D eigenvalue weighted by molar-refractivity contribution is 5.78. The SMILES string of the molecule is COCCN(C(=O)CNC1CCCC1)C(C)C. The van der Waals surface area contributed by atoms with E-state index in [0.717, 1.165) is 0 Å². The average molecular weight is 242 g/mol. The van der Waals surface area contributed by atoms with Crippen molar-refractivity contribution < 1.29 is 9.53 Å². The monoisotopic (exact) mass is 242 g/mol. The maximum absolute atomic E-state index is 12.1. The Balaban J connectivity index is 2.30. The van der Waals surface area contributed by atoms with Crippen molar-refractivity contribution in [3.05, 3.63) is 0 Å². The fourth-order valence-electron chi connectivity index (χ4n) is 2.32. The molecule has 0 aromatic rings. The van der Waals surface area contributed by atoms with E-state index in [1.54, 1.807) is 7.11 Å². The summed E-state index contributed by atoms with van der Waals surface area (Å²) in [6.07, 6.45) is 5.02. The number of carbonyl (C=O) groups excluding carboxylic acids is 1. The standard InChI is InChI=1S/C13H26N2O2/c1-11(2)15(8-9-17-3)13(16)10-14-12-6-4-5-7-12/h11-12,14H,4-10H2,1-3H3. The van der Waals surface area contributed by atoms with Gasteiger partial charge in [-0.1, -0.05) is 12.8 Å². The van der Waals surface area contributed by atoms with Crippen LogP contribution in [0.1, 0.15) is 39.5 Å². The Kier molecular flexibility index (Phi) is 6.52. The highest BCUT2D eigenvalue weighted by Gasteiger charge is 2.19. The molecule has 4 nitrogen and oxygen atoms in total. The van der Waals surface area contributed by atoms with Crippen molar-refractivity contribution in [2.75, 3.05) is 26.8 Å². The summed E-state index contributed by atoms with van der Waals surface area (Å²) in [5, 5.41) is 3.36. The predicted molar refractivity (Wildman–Crippen MR) is 69.0 cm³/mol. The summed E-state index contributed by atoms with van der Waals surface area (Å²) in [6.45, 7) is 5.84. The first-order valence-corrected chi connectivity index (χ1v) is 6.67. The van der Waals surface area contributed by atoms with Crippen molar-refractivity contribution in [2.45, 2.75) is 51.6 Å². The molecule has 0 bridgehead atoms. The molecule has 0 radical (unpaired) electrons. The molecule has 0 saturated heterocycles. The third-order valence-electron chi connectivity index (χ3n) is 3.38. The molecule has 0 atom stereocenters. The number of ether oxygens (including phenoxy) is 1. The van der Waals surface area contributed by atoms with E-state index < -0.39 is 0 Å². The number of nitrogens with zero attached hydrogens (tertiary/aromatic N) is 1. The summed E-state index contributed by atoms with van der Waals surface area (Å²) in [5.74, 6) is 0.184. The van der Waals surface area contributed by atoms with E-state index in [1.165, 1.54) is 25.7 Å². The lowest BCUT2D eigenvalue weighted by molar-refractivity contribution is -0.132. The van der Waals surface area contributed by atoms with Crippen molar-refractivity contribution in [1.82, 2.24) is 10.2 Å². The van der Waals surface area contributed by atoms with Gasteiger partial charge in [-0.05, 0) is 26.7 Å². The Labute approximate surface area is 105 Å². The molecule has 0 unspecified atom stereocenters. The van der Waals surface area contributed by atoms with Crippen LogP contribution in [0, 0.1) is 0 Å². The number of carbonyl (C=O) groups is 1. The summed E-state index contributed by atoms with van der Waals surface area (Å²) >= 11 is 0. The lowest BCUT2D eigenvalue weighted by Crippen LogP contribution is -2.45. The molecule has 17 heavy (non-hydrogen) atoms. The third kappa shape index (κ3) is 5.04. The van der Waals surface area contributed by atoms with Crippen molar-refractivity contribution in [2.24, 2.45) is 0 Å². The third-order valence-corrected chi connectivity index (χ3v) is 3.38. The minimum Gasteiger partial charge on any atom is -0.383 e. The maximum Gasteiger partial charge on any atom is 0.236 e. The van der Waals surface area contributed by atoms with E-state index in [4.69, 9.17) is 4.74 Å². The van der Waals surface area contributed by atoms with Gasteiger partial charge in [0.15, 0.2) is 0 Å². The second-order valence-corrected chi connectivity index (χ2v) is 5.04. The smallest absolute Gasteiger partial charge is 0.236 e. The van der Waals surface area contributed by atoms with E-state index in [1.807, 2.05) is 18.7 Å². The zero-order chi connectivity index (χ0) is 12.7. The molecular weight excluding hydrogens is 216 g/mol. The quantitative estimate of drug-likeness (QED) is 0.734. The van der Waals surface area contributed by atoms with Crippen LogP contribution in [0.4, 0.5) is 0 Å². The average Bonchev–Trinajstić information content (AvgIpc) is 2.79. The Hall–Kier alpha value is -0.610. The largest absolute Gasteiger partial charge is 0.383 e. The minimum atomic E-state index is 0.184. The number of nitrogens with one attached hydrogen (secondary N) is 1. The Morgan fingerprint density at radius 1 is 1.41 bits per heavy atom. The first kappa shape index (κ1) is 14.5. The van der Waals surface area contributed by atoms with Gasteiger partial charge in [0, 0.05) is 25.7 Å². The molecule has 0 heterocycles. The highest BCUT2D eigenvalue weighted by Crippen LogP contribution is 2.17. The Morgan fingerprint density at radius 2 is 2.06 bits per heavy atom. The Bertz CT molecular complexity index is 225. The number of hydrogen-bond donors (Lipinski definition) is 1. The van der Waals surface area contributed by atoms with E-state index in [-0.39, 0.29) is 11.9 Å². The first-order chi connectivity index (χ1) is 8.15. The van der Waals surface area contributed by atoms with Gasteiger partial charge in [0.1, 0.15) is 0 Å². The Morgan fingerprint density at radius 3 is 2.59 bits per heavy atom. The molecular formula is C13H26N2O2. The van der Waals surface area contributed by atoms with Crippen molar-refractivity contribution in [1.29, 1.82) is 0 Å². The topological polar surface area (TPSA) is 41.6 Å². The number of methoxy groups -OCH3 is 1. The van der Waals surface area contributed by atoms with Crippen LogP contribution in [0.2, 0.25) is 0 Å². The minimum absolute atomic E-state index is 0.184. The normalized spacial score (nSPS) is 16.7. The van der Waals surface area contributed by atoms with Gasteiger partial charge < -0.3 is 15.0 Å². The molecule has 0 spiro atoms. The zero-order valence-electron chi connectivity index (χ0n) is 11.4. The summed E-state index contributed by atoms with van der Waals surface area (Å²) in [7, 11) is 1.67. The molecule has 100 valence electrons. The van der Waals surface area contributed by atoms with Gasteiger partial charge >= 0.3 is 0 Å². The lowest BCUT2D eigenvalue weighted by atomic mass is 10.2. The van der Waals surface area contributed by atoms with E-state index in [0.29, 0.717) is 25.7 Å². The zero-order valence-corrected chi connectivity index (χ0v) is 11.4. The molecule has 1 fully saturated rings. The summed E-state index contributed by atoms with van der Waals surface area (Å²) in [6, 6.07) is 0.790. The van der Waals surface area contributed by atoms with Gasteiger partial charge in [0.05, 0.1) is 13.2 Å². The fraction of sp³-hybridized carbons (Fsp3) is 0.923. The van der Waals surface area contributed by atoms with Crippen molar-refractivity contribution >= 4 is 5.91 Å². The van der Waals surface area contributed by atoms with Crippen LogP contribution in [0.5, 0.6) is 0 Å². The summed E-state index contributed by atoms with van der Waals surface area (Å²) in [5.41, 5.74) is 0. The van der Waals surface area contributed by atoms with Crippen LogP contribution in [-0.2, 0) is 9.53 Å². The van der Waals surface area contributed by atoms with Gasteiger partial charge in [-0.2, -0.15) is 0 Å². The van der Waals surface area contributed by atoms with Gasteiger partial charge in [-0.3, -0.25) is 4.79 Å². The van der Waals surface area contributed by atoms with Gasteiger partial charge in [-0.25, -0.2) is 0 Å². The second kappa shape index (κ2) is 7.67. The molecule has 1 aliphatic carbocycles. The number of rotatable bonds is 7. The van der Waals surface area contributed by atoms with E-state index >= 15 is 0 Å². The molecule has 0 aromatic heterocycles. The summed E-state index contributed by atoms with van der Waals surface area (Å²) in [4.78, 5) is 13.9. The van der Waals surface area contributed by atoms with Crippen LogP contribution >= 0.6 is 0 Å². The van der Waals surface area contributed by atoms with Crippen molar-refractivity contribution in [3.63, 3.8) is 0 Å². The fourth-order valence-corrected chi connectivity index (χ4v) is 2.32. The van der Waals surface area contributed by atoms with Gasteiger partial charge in [0.25, 0.3) is 0 Å². The first-order valence-electron chi connectivity index (χ1n) is 6.67. The van der Waals surface area contributed by atoms with Crippen LogP contribution < -0.4 is 5.32 Å². The molecule has 1 rings (SSSR count). The molecule has 1 aliphatic rings. The van der Waals surface area contributed by atoms with Crippen LogP contribution in [0.15, 0.2) is 0 Å². The predicted octanol–water partition coefficient (Wildman–Crippen LogP) is 1.40. The summed E-state index contributed by atoms with van der Waals surface area (Å²) < 4.78 is 5.04. The number of amides is 1. The van der Waals surface area contributed by atoms with E-state index in [9.17, 15) is 4.79 Å². The van der Waals surface area contributed by atoms with Crippen LogP contribution in [-0.4, -0.2) is 49.7 Å². The maximum atomic E-state index is 12.1.